The van der Waals surface area contributed by atoms with E-state index in [4.69, 9.17) is 10.2 Å². The average Bonchev–Trinajstić information content (AvgIpc) is 2.02. The van der Waals surface area contributed by atoms with Gasteiger partial charge in [0.05, 0.1) is 13.1 Å². The van der Waals surface area contributed by atoms with Crippen LogP contribution in [0.3, 0.4) is 0 Å². The molecule has 0 saturated heterocycles. The number of carboxylic acids is 2. The summed E-state index contributed by atoms with van der Waals surface area (Å²) >= 11 is 0. The van der Waals surface area contributed by atoms with E-state index < -0.39 is 11.9 Å². The Hall–Kier alpha value is -1.14. The SMILES string of the molecule is CNCCCN(CC(=O)O)CC(=O)O. The molecule has 0 saturated carbocycles. The fraction of sp³-hybridized carbons (Fsp3) is 0.750. The molecule has 0 aromatic heterocycles. The third kappa shape index (κ3) is 7.51. The van der Waals surface area contributed by atoms with Crippen LogP contribution in [0.5, 0.6) is 0 Å². The van der Waals surface area contributed by atoms with Crippen LogP contribution in [0.1, 0.15) is 6.42 Å². The van der Waals surface area contributed by atoms with Crippen LogP contribution in [-0.2, 0) is 9.59 Å². The molecule has 0 unspecified atom stereocenters. The molecule has 0 aliphatic heterocycles. The van der Waals surface area contributed by atoms with Gasteiger partial charge in [-0.15, -0.1) is 0 Å². The molecule has 82 valence electrons. The highest BCUT2D eigenvalue weighted by atomic mass is 16.4. The minimum atomic E-state index is -1.00. The molecule has 0 amide bonds. The van der Waals surface area contributed by atoms with Crippen molar-refractivity contribution in [2.75, 3.05) is 33.2 Å². The minimum absolute atomic E-state index is 0.226. The molecule has 0 aromatic carbocycles. The third-order valence-electron chi connectivity index (χ3n) is 1.62. The molecule has 0 aliphatic rings. The summed E-state index contributed by atoms with van der Waals surface area (Å²) in [6.45, 7) is 0.765. The average molecular weight is 204 g/mol. The van der Waals surface area contributed by atoms with Gasteiger partial charge in [0.2, 0.25) is 0 Å². The lowest BCUT2D eigenvalue weighted by molar-refractivity contribution is -0.141. The molecule has 3 N–H and O–H groups in total. The fourth-order valence-electron chi connectivity index (χ4n) is 1.08. The van der Waals surface area contributed by atoms with Gasteiger partial charge >= 0.3 is 11.9 Å². The van der Waals surface area contributed by atoms with Crippen molar-refractivity contribution in [2.24, 2.45) is 0 Å². The Bertz CT molecular complexity index is 180. The predicted molar refractivity (Wildman–Crippen MR) is 50.3 cm³/mol. The van der Waals surface area contributed by atoms with E-state index in [9.17, 15) is 9.59 Å². The van der Waals surface area contributed by atoms with E-state index in [0.29, 0.717) is 6.54 Å². The first-order chi connectivity index (χ1) is 6.56. The van der Waals surface area contributed by atoms with Gasteiger partial charge in [-0.3, -0.25) is 14.5 Å². The Balaban J connectivity index is 3.84. The Morgan fingerprint density at radius 1 is 1.21 bits per heavy atom. The van der Waals surface area contributed by atoms with Crippen molar-refractivity contribution in [1.29, 1.82) is 0 Å². The highest BCUT2D eigenvalue weighted by Crippen LogP contribution is 1.91. The largest absolute Gasteiger partial charge is 0.480 e. The van der Waals surface area contributed by atoms with E-state index in [0.717, 1.165) is 13.0 Å². The Morgan fingerprint density at radius 2 is 1.71 bits per heavy atom. The zero-order chi connectivity index (χ0) is 11.0. The second-order valence-electron chi connectivity index (χ2n) is 2.96. The molecule has 0 bridgehead atoms. The standard InChI is InChI=1S/C8H16N2O4/c1-9-3-2-4-10(5-7(11)12)6-8(13)14/h9H,2-6H2,1H3,(H,11,12)(H,13,14). The van der Waals surface area contributed by atoms with Crippen LogP contribution in [-0.4, -0.2) is 60.3 Å². The summed E-state index contributed by atoms with van der Waals surface area (Å²) < 4.78 is 0. The van der Waals surface area contributed by atoms with Gasteiger partial charge in [0.1, 0.15) is 0 Å². The van der Waals surface area contributed by atoms with Gasteiger partial charge < -0.3 is 15.5 Å². The van der Waals surface area contributed by atoms with Gasteiger partial charge in [-0.2, -0.15) is 0 Å². The van der Waals surface area contributed by atoms with Crippen LogP contribution >= 0.6 is 0 Å². The maximum atomic E-state index is 10.4. The van der Waals surface area contributed by atoms with E-state index >= 15 is 0 Å². The quantitative estimate of drug-likeness (QED) is 0.442. The predicted octanol–water partition coefficient (Wildman–Crippen LogP) is -0.933. The summed E-state index contributed by atoms with van der Waals surface area (Å²) in [4.78, 5) is 22.1. The molecule has 14 heavy (non-hydrogen) atoms. The Labute approximate surface area is 82.5 Å². The lowest BCUT2D eigenvalue weighted by Gasteiger charge is -2.17. The zero-order valence-electron chi connectivity index (χ0n) is 8.19. The molecule has 0 spiro atoms. The van der Waals surface area contributed by atoms with E-state index in [2.05, 4.69) is 5.32 Å². The number of nitrogens with one attached hydrogen (secondary N) is 1. The first-order valence-corrected chi connectivity index (χ1v) is 4.36. The molecular weight excluding hydrogens is 188 g/mol. The lowest BCUT2D eigenvalue weighted by Crippen LogP contribution is -2.36. The zero-order valence-corrected chi connectivity index (χ0v) is 8.19. The minimum Gasteiger partial charge on any atom is -0.480 e. The van der Waals surface area contributed by atoms with Crippen LogP contribution in [0.25, 0.3) is 0 Å². The van der Waals surface area contributed by atoms with Crippen molar-refractivity contribution in [3.63, 3.8) is 0 Å². The second-order valence-corrected chi connectivity index (χ2v) is 2.96. The molecule has 0 aliphatic carbocycles. The maximum Gasteiger partial charge on any atom is 0.317 e. The summed E-state index contributed by atoms with van der Waals surface area (Å²) in [7, 11) is 1.79. The number of aliphatic carboxylic acids is 2. The van der Waals surface area contributed by atoms with Crippen molar-refractivity contribution in [3.8, 4) is 0 Å². The van der Waals surface area contributed by atoms with E-state index in [-0.39, 0.29) is 13.1 Å². The number of nitrogens with zero attached hydrogens (tertiary/aromatic N) is 1. The Kier molecular flexibility index (Phi) is 6.69. The third-order valence-corrected chi connectivity index (χ3v) is 1.62. The normalized spacial score (nSPS) is 10.4. The number of carbonyl (C=O) groups is 2. The smallest absolute Gasteiger partial charge is 0.317 e. The summed E-state index contributed by atoms with van der Waals surface area (Å²) in [5.74, 6) is -2.01. The van der Waals surface area contributed by atoms with Crippen LogP contribution in [0.4, 0.5) is 0 Å². The monoisotopic (exact) mass is 204 g/mol. The van der Waals surface area contributed by atoms with Gasteiger partial charge in [0.25, 0.3) is 0 Å². The molecule has 0 radical (unpaired) electrons. The number of hydrogen-bond acceptors (Lipinski definition) is 4. The first kappa shape index (κ1) is 12.9. The number of carboxylic acid groups (broad SMARTS) is 2. The molecule has 0 fully saturated rings. The topological polar surface area (TPSA) is 89.9 Å². The van der Waals surface area contributed by atoms with Gasteiger partial charge in [-0.05, 0) is 20.0 Å². The number of hydrogen-bond donors (Lipinski definition) is 3. The Morgan fingerprint density at radius 3 is 2.07 bits per heavy atom. The van der Waals surface area contributed by atoms with E-state index in [1.165, 1.54) is 4.90 Å². The van der Waals surface area contributed by atoms with Gasteiger partial charge in [0, 0.05) is 6.54 Å². The van der Waals surface area contributed by atoms with Crippen LogP contribution in [0.15, 0.2) is 0 Å². The first-order valence-electron chi connectivity index (χ1n) is 4.36. The highest BCUT2D eigenvalue weighted by molar-refractivity contribution is 5.72. The van der Waals surface area contributed by atoms with E-state index in [1.54, 1.807) is 7.05 Å². The van der Waals surface area contributed by atoms with Crippen LogP contribution in [0, 0.1) is 0 Å². The number of rotatable bonds is 8. The molecule has 0 aromatic rings. The van der Waals surface area contributed by atoms with Crippen LogP contribution < -0.4 is 5.32 Å². The van der Waals surface area contributed by atoms with Crippen molar-refractivity contribution in [2.45, 2.75) is 6.42 Å². The summed E-state index contributed by atoms with van der Waals surface area (Å²) in [6, 6.07) is 0. The summed E-state index contributed by atoms with van der Waals surface area (Å²) in [6.07, 6.45) is 0.733. The fourth-order valence-corrected chi connectivity index (χ4v) is 1.08. The van der Waals surface area contributed by atoms with Crippen LogP contribution in [0.2, 0.25) is 0 Å². The molecule has 0 rings (SSSR count). The lowest BCUT2D eigenvalue weighted by atomic mass is 10.3. The van der Waals surface area contributed by atoms with Gasteiger partial charge in [-0.25, -0.2) is 0 Å². The molecular formula is C8H16N2O4. The summed E-state index contributed by atoms with van der Waals surface area (Å²) in [5, 5.41) is 19.9. The van der Waals surface area contributed by atoms with Crippen molar-refractivity contribution in [3.05, 3.63) is 0 Å². The molecule has 6 heteroatoms. The van der Waals surface area contributed by atoms with Gasteiger partial charge in [-0.1, -0.05) is 0 Å². The molecule has 6 nitrogen and oxygen atoms in total. The highest BCUT2D eigenvalue weighted by Gasteiger charge is 2.12. The van der Waals surface area contributed by atoms with Crippen molar-refractivity contribution >= 4 is 11.9 Å². The van der Waals surface area contributed by atoms with Crippen molar-refractivity contribution in [1.82, 2.24) is 10.2 Å². The van der Waals surface area contributed by atoms with E-state index in [1.807, 2.05) is 0 Å². The second kappa shape index (κ2) is 7.28. The van der Waals surface area contributed by atoms with Gasteiger partial charge in [0.15, 0.2) is 0 Å². The summed E-state index contributed by atoms with van der Waals surface area (Å²) in [5.41, 5.74) is 0. The molecule has 0 heterocycles. The van der Waals surface area contributed by atoms with Crippen molar-refractivity contribution < 1.29 is 19.8 Å². The molecule has 0 atom stereocenters. The maximum absolute atomic E-state index is 10.4.